The summed E-state index contributed by atoms with van der Waals surface area (Å²) in [5.74, 6) is -0.296. The predicted octanol–water partition coefficient (Wildman–Crippen LogP) is 1.42. The molecule has 2 unspecified atom stereocenters. The maximum Gasteiger partial charge on any atom is 0.251 e. The molecule has 36 heavy (non-hydrogen) atoms. The van der Waals surface area contributed by atoms with Crippen LogP contribution in [0.15, 0.2) is 30.5 Å². The first-order chi connectivity index (χ1) is 17.1. The first-order valence-electron chi connectivity index (χ1n) is 12.6. The smallest absolute Gasteiger partial charge is 0.251 e. The fourth-order valence-electron chi connectivity index (χ4n) is 4.79. The molecule has 1 aliphatic carbocycles. The van der Waals surface area contributed by atoms with Crippen molar-refractivity contribution in [2.45, 2.75) is 70.6 Å². The van der Waals surface area contributed by atoms with Crippen LogP contribution in [0.5, 0.6) is 0 Å². The van der Waals surface area contributed by atoms with E-state index >= 15 is 0 Å². The highest BCUT2D eigenvalue weighted by Gasteiger charge is 2.45. The van der Waals surface area contributed by atoms with Gasteiger partial charge < -0.3 is 20.6 Å². The van der Waals surface area contributed by atoms with Gasteiger partial charge in [-0.25, -0.2) is 4.68 Å². The molecule has 1 aromatic heterocycles. The molecule has 3 atom stereocenters. The van der Waals surface area contributed by atoms with Crippen molar-refractivity contribution < 1.29 is 19.5 Å². The fourth-order valence-corrected chi connectivity index (χ4v) is 4.79. The second kappa shape index (κ2) is 10.4. The average Bonchev–Trinajstić information content (AvgIpc) is 3.44. The lowest BCUT2D eigenvalue weighted by Gasteiger charge is -2.34. The predicted molar refractivity (Wildman–Crippen MR) is 133 cm³/mol. The molecule has 2 aliphatic rings. The van der Waals surface area contributed by atoms with Gasteiger partial charge in [0.25, 0.3) is 5.91 Å². The Hall–Kier alpha value is -3.27. The monoisotopic (exact) mass is 496 g/mol. The zero-order valence-corrected chi connectivity index (χ0v) is 21.4. The first-order valence-corrected chi connectivity index (χ1v) is 12.6. The maximum atomic E-state index is 13.8. The standard InChI is InChI=1S/C26H36N6O4/c1-26(2,3)22(32-15-20(29-30-32)17-8-9-17)25(36)31-14-19(33)13-21(31)24(35)28-11-10-16-6-5-7-18(12-16)23(34)27-4/h5-7,12,15,17,19,21-22,33H,8-11,13-14H2,1-4H3,(H,27,34)(H,28,35)/t19?,21?,22-/m1/s1. The van der Waals surface area contributed by atoms with E-state index in [4.69, 9.17) is 0 Å². The van der Waals surface area contributed by atoms with Crippen LogP contribution in [-0.2, 0) is 16.0 Å². The Kier molecular flexibility index (Phi) is 7.44. The number of rotatable bonds is 8. The lowest BCUT2D eigenvalue weighted by atomic mass is 9.85. The third kappa shape index (κ3) is 5.75. The van der Waals surface area contributed by atoms with E-state index in [9.17, 15) is 19.5 Å². The number of hydrogen-bond acceptors (Lipinski definition) is 6. The molecule has 1 saturated carbocycles. The number of aliphatic hydroxyl groups is 1. The molecule has 3 amide bonds. The van der Waals surface area contributed by atoms with E-state index in [0.717, 1.165) is 24.1 Å². The van der Waals surface area contributed by atoms with Crippen LogP contribution in [0.25, 0.3) is 0 Å². The quantitative estimate of drug-likeness (QED) is 0.507. The van der Waals surface area contributed by atoms with Crippen molar-refractivity contribution in [3.05, 3.63) is 47.3 Å². The minimum Gasteiger partial charge on any atom is -0.391 e. The van der Waals surface area contributed by atoms with E-state index in [-0.39, 0.29) is 30.7 Å². The summed E-state index contributed by atoms with van der Waals surface area (Å²) in [7, 11) is 1.58. The second-order valence-electron chi connectivity index (χ2n) is 10.9. The van der Waals surface area contributed by atoms with E-state index in [1.165, 1.54) is 4.90 Å². The molecular weight excluding hydrogens is 460 g/mol. The highest BCUT2D eigenvalue weighted by Crippen LogP contribution is 2.40. The first kappa shape index (κ1) is 25.8. The number of nitrogens with one attached hydrogen (secondary N) is 2. The van der Waals surface area contributed by atoms with Crippen molar-refractivity contribution in [3.63, 3.8) is 0 Å². The summed E-state index contributed by atoms with van der Waals surface area (Å²) in [4.78, 5) is 40.2. The summed E-state index contributed by atoms with van der Waals surface area (Å²) >= 11 is 0. The zero-order chi connectivity index (χ0) is 26.0. The Bertz CT molecular complexity index is 1120. The Morgan fingerprint density at radius 1 is 1.22 bits per heavy atom. The minimum atomic E-state index is -0.771. The Morgan fingerprint density at radius 3 is 2.64 bits per heavy atom. The van der Waals surface area contributed by atoms with E-state index in [1.54, 1.807) is 29.9 Å². The van der Waals surface area contributed by atoms with Crippen LogP contribution in [-0.4, -0.2) is 75.0 Å². The number of nitrogens with zero attached hydrogens (tertiary/aromatic N) is 4. The number of carbonyl (C=O) groups is 3. The molecule has 1 aromatic carbocycles. The largest absolute Gasteiger partial charge is 0.391 e. The van der Waals surface area contributed by atoms with Crippen molar-refractivity contribution in [2.24, 2.45) is 5.41 Å². The average molecular weight is 497 g/mol. The van der Waals surface area contributed by atoms with Crippen LogP contribution in [0, 0.1) is 5.41 Å². The summed E-state index contributed by atoms with van der Waals surface area (Å²) in [6, 6.07) is 5.82. The van der Waals surface area contributed by atoms with Gasteiger partial charge >= 0.3 is 0 Å². The number of hydrogen-bond donors (Lipinski definition) is 3. The number of likely N-dealkylation sites (tertiary alicyclic amines) is 1. The second-order valence-corrected chi connectivity index (χ2v) is 10.9. The Morgan fingerprint density at radius 2 is 1.97 bits per heavy atom. The lowest BCUT2D eigenvalue weighted by molar-refractivity contribution is -0.144. The molecule has 194 valence electrons. The normalized spacial score (nSPS) is 20.8. The van der Waals surface area contributed by atoms with Crippen molar-refractivity contribution in [1.29, 1.82) is 0 Å². The van der Waals surface area contributed by atoms with Crippen molar-refractivity contribution in [3.8, 4) is 0 Å². The molecule has 1 saturated heterocycles. The maximum absolute atomic E-state index is 13.8. The van der Waals surface area contributed by atoms with Crippen LogP contribution >= 0.6 is 0 Å². The molecule has 0 radical (unpaired) electrons. The molecule has 10 heteroatoms. The van der Waals surface area contributed by atoms with E-state index in [2.05, 4.69) is 20.9 Å². The molecule has 2 heterocycles. The SMILES string of the molecule is CNC(=O)c1cccc(CCNC(=O)C2CC(O)CN2C(=O)[C@@H](n2cc(C3CC3)nn2)C(C)(C)C)c1. The number of carbonyl (C=O) groups excluding carboxylic acids is 3. The zero-order valence-electron chi connectivity index (χ0n) is 21.4. The van der Waals surface area contributed by atoms with Crippen molar-refractivity contribution in [1.82, 2.24) is 30.5 Å². The van der Waals surface area contributed by atoms with E-state index < -0.39 is 23.6 Å². The van der Waals surface area contributed by atoms with Gasteiger partial charge in [0.1, 0.15) is 12.1 Å². The van der Waals surface area contributed by atoms with Gasteiger partial charge in [0.2, 0.25) is 11.8 Å². The number of amides is 3. The van der Waals surface area contributed by atoms with Crippen LogP contribution < -0.4 is 10.6 Å². The Labute approximate surface area is 211 Å². The van der Waals surface area contributed by atoms with Crippen molar-refractivity contribution in [2.75, 3.05) is 20.1 Å². The summed E-state index contributed by atoms with van der Waals surface area (Å²) in [5, 5.41) is 24.4. The van der Waals surface area contributed by atoms with E-state index in [0.29, 0.717) is 24.4 Å². The molecule has 1 aliphatic heterocycles. The van der Waals surface area contributed by atoms with Gasteiger partial charge in [-0.3, -0.25) is 14.4 Å². The minimum absolute atomic E-state index is 0.0991. The molecule has 0 bridgehead atoms. The van der Waals surface area contributed by atoms with Crippen LogP contribution in [0.4, 0.5) is 0 Å². The molecule has 4 rings (SSSR count). The van der Waals surface area contributed by atoms with Crippen molar-refractivity contribution >= 4 is 17.7 Å². The van der Waals surface area contributed by atoms with Crippen LogP contribution in [0.2, 0.25) is 0 Å². The van der Waals surface area contributed by atoms with Gasteiger partial charge in [-0.15, -0.1) is 5.10 Å². The summed E-state index contributed by atoms with van der Waals surface area (Å²) in [6.45, 7) is 6.33. The summed E-state index contributed by atoms with van der Waals surface area (Å²) in [6.07, 6.45) is 3.97. The summed E-state index contributed by atoms with van der Waals surface area (Å²) in [5.41, 5.74) is 1.90. The lowest BCUT2D eigenvalue weighted by Crippen LogP contribution is -2.50. The third-order valence-corrected chi connectivity index (χ3v) is 6.84. The number of aromatic nitrogens is 3. The summed E-state index contributed by atoms with van der Waals surface area (Å²) < 4.78 is 1.62. The van der Waals surface area contributed by atoms with Gasteiger partial charge in [0, 0.05) is 44.2 Å². The molecule has 10 nitrogen and oxygen atoms in total. The van der Waals surface area contributed by atoms with Gasteiger partial charge in [-0.05, 0) is 42.4 Å². The third-order valence-electron chi connectivity index (χ3n) is 6.84. The number of β-amino-alcohol motifs (C(OH)–C–C–N with tert-alkyl or cyclic N) is 1. The molecule has 2 aromatic rings. The number of benzene rings is 1. The molecular formula is C26H36N6O4. The molecule has 0 spiro atoms. The Balaban J connectivity index is 1.43. The van der Waals surface area contributed by atoms with E-state index in [1.807, 2.05) is 33.0 Å². The molecule has 2 fully saturated rings. The van der Waals surface area contributed by atoms with Gasteiger partial charge in [0.15, 0.2) is 0 Å². The number of aliphatic hydroxyl groups excluding tert-OH is 1. The molecule has 3 N–H and O–H groups in total. The van der Waals surface area contributed by atoms with Gasteiger partial charge in [-0.1, -0.05) is 38.1 Å². The van der Waals surface area contributed by atoms with Crippen LogP contribution in [0.3, 0.4) is 0 Å². The van der Waals surface area contributed by atoms with Crippen LogP contribution in [0.1, 0.15) is 73.6 Å². The van der Waals surface area contributed by atoms with Gasteiger partial charge in [-0.2, -0.15) is 0 Å². The highest BCUT2D eigenvalue weighted by atomic mass is 16.3. The topological polar surface area (TPSA) is 129 Å². The fraction of sp³-hybridized carbons (Fsp3) is 0.577. The highest BCUT2D eigenvalue weighted by molar-refractivity contribution is 5.94. The van der Waals surface area contributed by atoms with Gasteiger partial charge in [0.05, 0.1) is 11.8 Å².